The molecule has 0 fully saturated rings. The minimum atomic E-state index is -4.35. The van der Waals surface area contributed by atoms with E-state index in [-0.39, 0.29) is 35.5 Å². The maximum atomic E-state index is 15.8. The molecule has 0 radical (unpaired) electrons. The van der Waals surface area contributed by atoms with E-state index in [0.717, 1.165) is 71.9 Å². The largest absolute Gasteiger partial charge is 0.647 e. The van der Waals surface area contributed by atoms with Gasteiger partial charge in [-0.15, -0.1) is 0 Å². The molecule has 0 heterocycles. The highest BCUT2D eigenvalue weighted by Crippen LogP contribution is 2.57. The molecule has 6 atom stereocenters. The molecular weight excluding hydrogens is 599 g/mol. The van der Waals surface area contributed by atoms with Crippen LogP contribution in [-0.4, -0.2) is 0 Å². The number of para-hydroxylation sites is 3. The van der Waals surface area contributed by atoms with Crippen molar-refractivity contribution in [3.05, 3.63) is 88.0 Å². The van der Waals surface area contributed by atoms with Crippen molar-refractivity contribution in [3.63, 3.8) is 0 Å². The van der Waals surface area contributed by atoms with Crippen molar-refractivity contribution in [1.82, 2.24) is 0 Å². The maximum absolute atomic E-state index is 15.8. The molecule has 0 spiro atoms. The lowest BCUT2D eigenvalue weighted by Crippen LogP contribution is -2.15. The summed E-state index contributed by atoms with van der Waals surface area (Å²) in [6, 6.07) is 18.9. The van der Waals surface area contributed by atoms with Crippen molar-refractivity contribution >= 4 is 7.82 Å². The average molecular weight is 663 g/mol. The second kappa shape index (κ2) is 17.6. The molecule has 3 aromatic carbocycles. The van der Waals surface area contributed by atoms with Gasteiger partial charge in [0.25, 0.3) is 0 Å². The van der Waals surface area contributed by atoms with Gasteiger partial charge in [0.2, 0.25) is 0 Å². The van der Waals surface area contributed by atoms with Gasteiger partial charge in [0.05, 0.1) is 0 Å². The van der Waals surface area contributed by atoms with Gasteiger partial charge >= 0.3 is 7.82 Å². The first-order chi connectivity index (χ1) is 22.4. The van der Waals surface area contributed by atoms with Crippen molar-refractivity contribution in [2.75, 3.05) is 0 Å². The van der Waals surface area contributed by atoms with Crippen LogP contribution in [0.25, 0.3) is 0 Å². The van der Waals surface area contributed by atoms with Gasteiger partial charge in [0.15, 0.2) is 0 Å². The van der Waals surface area contributed by atoms with E-state index in [1.807, 2.05) is 0 Å². The molecule has 0 aromatic heterocycles. The van der Waals surface area contributed by atoms with E-state index in [2.05, 4.69) is 138 Å². The van der Waals surface area contributed by atoms with Gasteiger partial charge in [-0.05, 0) is 107 Å². The summed E-state index contributed by atoms with van der Waals surface area (Å²) in [5.41, 5.74) is 6.21. The van der Waals surface area contributed by atoms with Gasteiger partial charge in [-0.25, -0.2) is 0 Å². The number of phosphoric acid groups is 1. The molecular formula is C42H63O4P. The highest BCUT2D eigenvalue weighted by Gasteiger charge is 2.40. The van der Waals surface area contributed by atoms with Gasteiger partial charge < -0.3 is 13.6 Å². The van der Waals surface area contributed by atoms with Crippen molar-refractivity contribution in [2.45, 2.75) is 157 Å². The number of hydrogen-bond donors (Lipinski definition) is 0. The molecule has 0 N–H and O–H groups in total. The Balaban J connectivity index is 2.42. The zero-order valence-corrected chi connectivity index (χ0v) is 32.4. The minimum absolute atomic E-state index is 0.202. The Morgan fingerprint density at radius 3 is 0.723 bits per heavy atom. The summed E-state index contributed by atoms with van der Waals surface area (Å²) >= 11 is 0. The van der Waals surface area contributed by atoms with Crippen LogP contribution in [0.15, 0.2) is 54.6 Å². The minimum Gasteiger partial charge on any atom is -0.385 e. The summed E-state index contributed by atoms with van der Waals surface area (Å²) in [5.74, 6) is 3.12. The third kappa shape index (κ3) is 9.05. The summed E-state index contributed by atoms with van der Waals surface area (Å²) in [4.78, 5) is 0. The van der Waals surface area contributed by atoms with Crippen LogP contribution >= 0.6 is 7.82 Å². The van der Waals surface area contributed by atoms with Crippen LogP contribution in [0.5, 0.6) is 17.2 Å². The van der Waals surface area contributed by atoms with Crippen LogP contribution in [0, 0.1) is 0 Å². The predicted molar refractivity (Wildman–Crippen MR) is 201 cm³/mol. The quantitative estimate of drug-likeness (QED) is 0.127. The molecule has 47 heavy (non-hydrogen) atoms. The standard InChI is InChI=1S/C42H63O4P/c1-13-28(7)34-22-19-23-35(29(8)14-2)40(34)44-47(43,45-41-36(30(9)15-3)24-20-25-37(41)31(10)16-4)46-42-38(32(11)17-5)26-21-27-39(42)33(12)18-6/h19-33H,13-18H2,1-12H3. The fourth-order valence-electron chi connectivity index (χ4n) is 6.08. The van der Waals surface area contributed by atoms with E-state index >= 15 is 4.57 Å². The van der Waals surface area contributed by atoms with E-state index in [0.29, 0.717) is 17.2 Å². The van der Waals surface area contributed by atoms with Crippen molar-refractivity contribution in [2.24, 2.45) is 0 Å². The Morgan fingerprint density at radius 1 is 0.404 bits per heavy atom. The smallest absolute Gasteiger partial charge is 0.385 e. The second-order valence-corrected chi connectivity index (χ2v) is 15.3. The van der Waals surface area contributed by atoms with E-state index in [4.69, 9.17) is 13.6 Å². The van der Waals surface area contributed by atoms with Crippen molar-refractivity contribution < 1.29 is 18.1 Å². The highest BCUT2D eigenvalue weighted by molar-refractivity contribution is 7.49. The predicted octanol–water partition coefficient (Wildman–Crippen LogP) is 14.4. The molecule has 6 unspecified atom stereocenters. The molecule has 0 aliphatic carbocycles. The third-order valence-electron chi connectivity index (χ3n) is 10.7. The molecule has 0 amide bonds. The monoisotopic (exact) mass is 662 g/mol. The Labute approximate surface area is 287 Å². The number of hydrogen-bond acceptors (Lipinski definition) is 4. The molecule has 0 saturated carbocycles. The molecule has 0 aliphatic rings. The molecule has 260 valence electrons. The van der Waals surface area contributed by atoms with Gasteiger partial charge in [-0.1, -0.05) is 138 Å². The van der Waals surface area contributed by atoms with Crippen LogP contribution in [0.2, 0.25) is 0 Å². The average Bonchev–Trinajstić information content (AvgIpc) is 3.09. The van der Waals surface area contributed by atoms with Crippen LogP contribution in [0.4, 0.5) is 0 Å². The summed E-state index contributed by atoms with van der Waals surface area (Å²) in [5, 5.41) is 0. The summed E-state index contributed by atoms with van der Waals surface area (Å²) < 4.78 is 36.5. The molecule has 3 rings (SSSR count). The lowest BCUT2D eigenvalue weighted by atomic mass is 9.90. The Morgan fingerprint density at radius 2 is 0.574 bits per heavy atom. The molecule has 5 heteroatoms. The van der Waals surface area contributed by atoms with E-state index in [9.17, 15) is 0 Å². The van der Waals surface area contributed by atoms with E-state index < -0.39 is 7.82 Å². The second-order valence-electron chi connectivity index (χ2n) is 13.9. The zero-order valence-electron chi connectivity index (χ0n) is 31.5. The first-order valence-corrected chi connectivity index (χ1v) is 19.9. The molecule has 3 aromatic rings. The Bertz CT molecular complexity index is 1220. The maximum Gasteiger partial charge on any atom is 0.647 e. The summed E-state index contributed by atoms with van der Waals surface area (Å²) in [6.07, 6.45) is 5.56. The Kier molecular flexibility index (Phi) is 14.5. The van der Waals surface area contributed by atoms with Crippen LogP contribution < -0.4 is 13.6 Å². The molecule has 0 bridgehead atoms. The fraction of sp³-hybridized carbons (Fsp3) is 0.571. The highest BCUT2D eigenvalue weighted by atomic mass is 31.2. The van der Waals surface area contributed by atoms with Gasteiger partial charge in [0.1, 0.15) is 17.2 Å². The number of rotatable bonds is 18. The number of phosphoric ester groups is 1. The fourth-order valence-corrected chi connectivity index (χ4v) is 7.49. The number of benzene rings is 3. The first-order valence-electron chi connectivity index (χ1n) is 18.5. The lowest BCUT2D eigenvalue weighted by Gasteiger charge is -2.30. The lowest BCUT2D eigenvalue weighted by molar-refractivity contribution is 0.289. The van der Waals surface area contributed by atoms with Crippen LogP contribution in [-0.2, 0) is 4.57 Å². The van der Waals surface area contributed by atoms with Gasteiger partial charge in [-0.3, -0.25) is 0 Å². The van der Waals surface area contributed by atoms with Gasteiger partial charge in [0, 0.05) is 0 Å². The third-order valence-corrected chi connectivity index (χ3v) is 11.9. The van der Waals surface area contributed by atoms with Crippen molar-refractivity contribution in [1.29, 1.82) is 0 Å². The van der Waals surface area contributed by atoms with Gasteiger partial charge in [-0.2, -0.15) is 4.57 Å². The SMILES string of the molecule is CCC(C)c1cccc(C(C)CC)c1OP(=O)(Oc1c(C(C)CC)cccc1C(C)CC)Oc1c(C(C)CC)cccc1C(C)CC. The van der Waals surface area contributed by atoms with E-state index in [1.54, 1.807) is 0 Å². The normalized spacial score (nSPS) is 16.8. The summed E-state index contributed by atoms with van der Waals surface area (Å²) in [7, 11) is -4.35. The van der Waals surface area contributed by atoms with Crippen LogP contribution in [0.3, 0.4) is 0 Å². The van der Waals surface area contributed by atoms with Crippen molar-refractivity contribution in [3.8, 4) is 17.2 Å². The summed E-state index contributed by atoms with van der Waals surface area (Å²) in [6.45, 7) is 26.3. The topological polar surface area (TPSA) is 44.8 Å². The van der Waals surface area contributed by atoms with E-state index in [1.165, 1.54) is 0 Å². The first kappa shape index (κ1) is 38.7. The van der Waals surface area contributed by atoms with Crippen LogP contribution in [0.1, 0.15) is 190 Å². The molecule has 4 nitrogen and oxygen atoms in total. The molecule has 0 saturated heterocycles. The Hall–Kier alpha value is -2.71. The molecule has 0 aliphatic heterocycles. The zero-order chi connectivity index (χ0) is 34.9.